The van der Waals surface area contributed by atoms with E-state index in [1.54, 1.807) is 140 Å². The highest BCUT2D eigenvalue weighted by atomic mass is 19.4. The molecule has 45 heteroatoms. The number of aromatic nitrogens is 12. The van der Waals surface area contributed by atoms with Crippen molar-refractivity contribution in [2.75, 3.05) is 109 Å². The Kier molecular flexibility index (Phi) is 26.3. The molecule has 0 unspecified atom stereocenters. The Morgan fingerprint density at radius 1 is 0.406 bits per heavy atom. The number of rotatable bonds is 21. The number of alkyl halides is 3. The van der Waals surface area contributed by atoms with E-state index in [2.05, 4.69) is 75.7 Å². The maximum absolute atomic E-state index is 12.8. The minimum absolute atomic E-state index is 0.0992. The summed E-state index contributed by atoms with van der Waals surface area (Å²) in [6.07, 6.45) is -0.296. The van der Waals surface area contributed by atoms with Crippen LogP contribution in [0.4, 0.5) is 76.1 Å². The standard InChI is InChI=1S/2C23H20N6O5.C21H14F3N5O5.C21H18N6O4/c30-23(16-7-8-24-21(13-16)27-9-11-34-12-10-27)25-17-3-1-15(2-4-17)22-26-19-6-5-18(29(32)33)14-20(19)28(22)31;30-23(19-2-1-3-21(25-19)27-10-12-34-13-11-27)24-16-6-4-15(5-7-16)22-26-18-9-8-17(29(32)33)14-20(18)28(22)31;22-21(23,24)11-34-18-8-3-13(10-25-18)20(30)26-14-4-1-12(2-5-14)19-27-16-7-6-15(29(32)33)9-17(16)28(19)31;1-25(2)19-10-5-14(12-22-19)21(28)23-15-6-3-13(4-7-15)20-24-17-9-8-16(27(30)31)11-18(17)26(20)29/h1-8,13-14,31H,9-12H2,(H,25,30);1-9,14,31H,10-13H2,(H,24,30);1-10,31H,11H2,(H,26,30);3-12,29H,1-2H3,(H,23,28). The minimum atomic E-state index is -4.50. The lowest BCUT2D eigenvalue weighted by Crippen LogP contribution is -2.37. The van der Waals surface area contributed by atoms with Crippen molar-refractivity contribution in [1.29, 1.82) is 0 Å². The van der Waals surface area contributed by atoms with Gasteiger partial charge in [-0.2, -0.15) is 32.1 Å². The second-order valence-electron chi connectivity index (χ2n) is 29.4. The zero-order valence-electron chi connectivity index (χ0n) is 69.5. The van der Waals surface area contributed by atoms with Crippen LogP contribution in [0, 0.1) is 40.5 Å². The molecule has 8 N–H and O–H groups in total. The number of benzene rings is 8. The second kappa shape index (κ2) is 39.0. The molecule has 674 valence electrons. The predicted octanol–water partition coefficient (Wildman–Crippen LogP) is 14.7. The Hall–Kier alpha value is -18.2. The first kappa shape index (κ1) is 89.6. The molecule has 0 atom stereocenters. The molecule has 2 fully saturated rings. The summed E-state index contributed by atoms with van der Waals surface area (Å²) >= 11 is 0. The van der Waals surface area contributed by atoms with E-state index in [9.17, 15) is 93.6 Å². The summed E-state index contributed by atoms with van der Waals surface area (Å²) in [6.45, 7) is 3.92. The molecule has 10 heterocycles. The van der Waals surface area contributed by atoms with E-state index in [-0.39, 0.29) is 97.3 Å². The van der Waals surface area contributed by atoms with Crippen LogP contribution < -0.4 is 40.7 Å². The fraction of sp³-hybridized carbons (Fsp3) is 0.136. The average Bonchev–Trinajstić information content (AvgIpc) is 1.65. The molecule has 0 aliphatic carbocycles. The molecule has 42 nitrogen and oxygen atoms in total. The summed E-state index contributed by atoms with van der Waals surface area (Å²) < 4.78 is 55.0. The minimum Gasteiger partial charge on any atom is -0.468 e. The van der Waals surface area contributed by atoms with Crippen molar-refractivity contribution in [2.24, 2.45) is 0 Å². The molecule has 0 spiro atoms. The molecule has 8 aromatic carbocycles. The lowest BCUT2D eigenvalue weighted by molar-refractivity contribution is -0.384. The number of nitrogens with zero attached hydrogens (tertiary/aromatic N) is 19. The Labute approximate surface area is 746 Å². The number of ether oxygens (including phenoxy) is 3. The fourth-order valence-electron chi connectivity index (χ4n) is 13.6. The Morgan fingerprint density at radius 3 is 1.08 bits per heavy atom. The average molecular weight is 1810 g/mol. The van der Waals surface area contributed by atoms with E-state index >= 15 is 0 Å². The SMILES string of the molecule is CN(C)c1ccc(C(=O)Nc2ccc(-c3nc4ccc([N+](=O)[O-])cc4n3O)cc2)cn1.O=C(Nc1ccc(-c2nc3ccc([N+](=O)[O-])cc3n2O)cc1)c1ccc(OCC(F)(F)F)nc1.O=C(Nc1ccc(-c2nc3ccc([N+](=O)[O-])cc3n2O)cc1)c1cccc(N2CCOCC2)n1.O=C(Nc1ccc(-c2nc3ccc([N+](=O)[O-])cc3n2O)cc1)c1ccnc(N2CCOCC2)c1. The number of nitrogens with one attached hydrogen (secondary N) is 4. The van der Waals surface area contributed by atoms with Gasteiger partial charge in [-0.3, -0.25) is 59.6 Å². The van der Waals surface area contributed by atoms with Gasteiger partial charge < -0.3 is 71.0 Å². The summed E-state index contributed by atoms with van der Waals surface area (Å²) in [4.78, 5) is 132. The molecule has 8 aromatic heterocycles. The highest BCUT2D eigenvalue weighted by Crippen LogP contribution is 2.34. The smallest absolute Gasteiger partial charge is 0.422 e. The number of carbonyl (C=O) groups excluding carboxylic acids is 4. The number of anilines is 7. The van der Waals surface area contributed by atoms with Gasteiger partial charge in [-0.1, -0.05) is 6.07 Å². The largest absolute Gasteiger partial charge is 0.468 e. The topological polar surface area (TPSA) is 530 Å². The zero-order chi connectivity index (χ0) is 93.9. The van der Waals surface area contributed by atoms with Crippen molar-refractivity contribution in [1.82, 2.24) is 58.8 Å². The zero-order valence-corrected chi connectivity index (χ0v) is 69.5. The van der Waals surface area contributed by atoms with E-state index < -0.39 is 38.4 Å². The third-order valence-corrected chi connectivity index (χ3v) is 20.4. The molecule has 4 amide bonds. The fourth-order valence-corrected chi connectivity index (χ4v) is 13.6. The number of hydrogen-bond acceptors (Lipinski definition) is 30. The van der Waals surface area contributed by atoms with Crippen molar-refractivity contribution >= 4 is 131 Å². The van der Waals surface area contributed by atoms with Gasteiger partial charge in [-0.25, -0.2) is 39.9 Å². The monoisotopic (exact) mass is 1810 g/mol. The van der Waals surface area contributed by atoms with E-state index in [0.29, 0.717) is 110 Å². The van der Waals surface area contributed by atoms with Gasteiger partial charge in [0.15, 0.2) is 29.9 Å². The van der Waals surface area contributed by atoms with Gasteiger partial charge in [-0.05, 0) is 164 Å². The lowest BCUT2D eigenvalue weighted by atomic mass is 10.2. The number of pyridine rings is 4. The Bertz CT molecular complexity index is 6880. The predicted molar refractivity (Wildman–Crippen MR) is 477 cm³/mol. The summed E-state index contributed by atoms with van der Waals surface area (Å²) in [5, 5.41) is 96.8. The van der Waals surface area contributed by atoms with E-state index in [1.165, 1.54) is 85.1 Å². The molecule has 2 aliphatic rings. The van der Waals surface area contributed by atoms with Gasteiger partial charge in [-0.15, -0.1) is 0 Å². The van der Waals surface area contributed by atoms with Crippen LogP contribution in [0.3, 0.4) is 0 Å². The van der Waals surface area contributed by atoms with E-state index in [4.69, 9.17) is 9.47 Å². The van der Waals surface area contributed by atoms with E-state index in [0.717, 1.165) is 74.8 Å². The summed E-state index contributed by atoms with van der Waals surface area (Å²) in [6, 6.07) is 57.2. The van der Waals surface area contributed by atoms with Crippen LogP contribution in [0.1, 0.15) is 41.6 Å². The summed E-state index contributed by atoms with van der Waals surface area (Å²) in [5.41, 5.74) is 7.46. The summed E-state index contributed by atoms with van der Waals surface area (Å²) in [5.74, 6) is 1.32. The molecular formula is C88H72F3N23O19. The van der Waals surface area contributed by atoms with Gasteiger partial charge in [0.2, 0.25) is 5.88 Å². The number of nitro groups is 4. The number of imidazole rings is 4. The first-order valence-electron chi connectivity index (χ1n) is 39.9. The molecule has 2 aliphatic heterocycles. The number of hydrogen-bond donors (Lipinski definition) is 8. The van der Waals surface area contributed by atoms with Crippen LogP contribution in [0.2, 0.25) is 0 Å². The van der Waals surface area contributed by atoms with Crippen molar-refractivity contribution in [3.63, 3.8) is 0 Å². The molecule has 2 saturated heterocycles. The number of fused-ring (bicyclic) bond motifs is 4. The van der Waals surface area contributed by atoms with Crippen LogP contribution in [0.25, 0.3) is 89.7 Å². The van der Waals surface area contributed by atoms with Crippen LogP contribution in [-0.2, 0) is 9.47 Å². The van der Waals surface area contributed by atoms with Crippen molar-refractivity contribution < 1.29 is 87.1 Å². The maximum atomic E-state index is 12.8. The maximum Gasteiger partial charge on any atom is 0.422 e. The Balaban J connectivity index is 0.000000135. The number of halogens is 3. The highest BCUT2D eigenvalue weighted by molar-refractivity contribution is 6.07. The lowest BCUT2D eigenvalue weighted by Gasteiger charge is -2.27. The highest BCUT2D eigenvalue weighted by Gasteiger charge is 2.30. The number of morpholine rings is 2. The molecule has 18 rings (SSSR count). The number of amides is 4. The van der Waals surface area contributed by atoms with Gasteiger partial charge in [0.1, 0.15) is 45.2 Å². The molecule has 0 saturated carbocycles. The van der Waals surface area contributed by atoms with Gasteiger partial charge in [0.25, 0.3) is 46.4 Å². The van der Waals surface area contributed by atoms with Crippen molar-refractivity contribution in [2.45, 2.75) is 6.18 Å². The molecule has 133 heavy (non-hydrogen) atoms. The van der Waals surface area contributed by atoms with Crippen molar-refractivity contribution in [3.8, 4) is 51.4 Å². The third-order valence-electron chi connectivity index (χ3n) is 20.4. The van der Waals surface area contributed by atoms with Crippen LogP contribution in [0.5, 0.6) is 5.88 Å². The summed E-state index contributed by atoms with van der Waals surface area (Å²) in [7, 11) is 3.73. The second-order valence-corrected chi connectivity index (χ2v) is 29.4. The van der Waals surface area contributed by atoms with Gasteiger partial charge in [0, 0.05) is 164 Å². The van der Waals surface area contributed by atoms with Gasteiger partial charge >= 0.3 is 6.18 Å². The van der Waals surface area contributed by atoms with Crippen LogP contribution in [0.15, 0.2) is 243 Å². The van der Waals surface area contributed by atoms with Crippen LogP contribution >= 0.6 is 0 Å². The number of non-ortho nitro benzene ring substituents is 4. The number of carbonyl (C=O) groups is 4. The third kappa shape index (κ3) is 21.1. The first-order valence-corrected chi connectivity index (χ1v) is 39.9. The van der Waals surface area contributed by atoms with Crippen molar-refractivity contribution in [3.05, 3.63) is 306 Å². The quantitative estimate of drug-likeness (QED) is 0.0188. The normalized spacial score (nSPS) is 12.4. The number of nitro benzene ring substituents is 4. The van der Waals surface area contributed by atoms with Crippen LogP contribution in [-0.4, -0.2) is 202 Å². The molecular weight excluding hydrogens is 1740 g/mol. The molecule has 0 radical (unpaired) electrons. The van der Waals surface area contributed by atoms with E-state index in [1.807, 2.05) is 25.1 Å². The molecule has 16 aromatic rings. The van der Waals surface area contributed by atoms with Gasteiger partial charge in [0.05, 0.1) is 79.3 Å². The molecule has 0 bridgehead atoms. The first-order chi connectivity index (χ1) is 63.9. The Morgan fingerprint density at radius 2 is 0.752 bits per heavy atom.